The summed E-state index contributed by atoms with van der Waals surface area (Å²) in [6.07, 6.45) is 1.03. The number of nitrogens with two attached hydrogens (primary N) is 1. The van der Waals surface area contributed by atoms with E-state index in [-0.39, 0.29) is 42.4 Å². The van der Waals surface area contributed by atoms with Crippen LogP contribution in [0, 0.1) is 13.8 Å². The molecule has 0 aromatic carbocycles. The molecule has 0 bridgehead atoms. The smallest absolute Gasteiger partial charge is 0.266 e. The SMILES string of the molecule is Cc1nc2cc(=O)[nH]n2c(C)c1CNC(=O)[C@@H]1CC[C@H](CN)O1.Cl.Cl. The van der Waals surface area contributed by atoms with E-state index in [9.17, 15) is 9.59 Å². The molecule has 8 nitrogen and oxygen atoms in total. The fourth-order valence-electron chi connectivity index (χ4n) is 2.97. The Morgan fingerprint density at radius 1 is 1.44 bits per heavy atom. The van der Waals surface area contributed by atoms with Crippen LogP contribution in [0.25, 0.3) is 5.65 Å². The summed E-state index contributed by atoms with van der Waals surface area (Å²) >= 11 is 0. The van der Waals surface area contributed by atoms with Gasteiger partial charge >= 0.3 is 0 Å². The van der Waals surface area contributed by atoms with Crippen LogP contribution in [-0.4, -0.2) is 39.3 Å². The van der Waals surface area contributed by atoms with Gasteiger partial charge in [0, 0.05) is 36.1 Å². The third-order valence-corrected chi connectivity index (χ3v) is 4.30. The van der Waals surface area contributed by atoms with Crippen molar-refractivity contribution in [3.63, 3.8) is 0 Å². The van der Waals surface area contributed by atoms with Crippen LogP contribution in [0.5, 0.6) is 0 Å². The number of nitrogens with one attached hydrogen (secondary N) is 2. The molecule has 3 heterocycles. The van der Waals surface area contributed by atoms with Crippen molar-refractivity contribution in [1.29, 1.82) is 0 Å². The average Bonchev–Trinajstić information content (AvgIpc) is 3.12. The summed E-state index contributed by atoms with van der Waals surface area (Å²) in [6.45, 7) is 4.52. The number of nitrogens with zero attached hydrogens (tertiary/aromatic N) is 2. The van der Waals surface area contributed by atoms with Gasteiger partial charge in [0.15, 0.2) is 5.65 Å². The van der Waals surface area contributed by atoms with E-state index in [1.54, 1.807) is 4.52 Å². The van der Waals surface area contributed by atoms with Crippen LogP contribution < -0.4 is 16.6 Å². The zero-order valence-corrected chi connectivity index (χ0v) is 15.7. The first-order valence-corrected chi connectivity index (χ1v) is 7.70. The van der Waals surface area contributed by atoms with Crippen LogP contribution in [0.1, 0.15) is 29.8 Å². The Labute approximate surface area is 157 Å². The van der Waals surface area contributed by atoms with Crippen molar-refractivity contribution in [2.45, 2.75) is 45.4 Å². The number of rotatable bonds is 4. The van der Waals surface area contributed by atoms with Gasteiger partial charge in [0.05, 0.1) is 6.10 Å². The number of carbonyl (C=O) groups is 1. The van der Waals surface area contributed by atoms with Crippen molar-refractivity contribution < 1.29 is 9.53 Å². The van der Waals surface area contributed by atoms with Gasteiger partial charge in [0.25, 0.3) is 5.56 Å². The molecule has 0 spiro atoms. The number of hydrogen-bond donors (Lipinski definition) is 3. The molecule has 1 amide bonds. The number of amides is 1. The fraction of sp³-hybridized carbons (Fsp3) is 0.533. The third-order valence-electron chi connectivity index (χ3n) is 4.30. The number of halogens is 2. The molecule has 10 heteroatoms. The molecule has 25 heavy (non-hydrogen) atoms. The Morgan fingerprint density at radius 2 is 2.16 bits per heavy atom. The van der Waals surface area contributed by atoms with E-state index in [0.29, 0.717) is 25.2 Å². The molecule has 1 fully saturated rings. The number of aromatic nitrogens is 3. The second kappa shape index (κ2) is 8.66. The van der Waals surface area contributed by atoms with E-state index in [2.05, 4.69) is 15.4 Å². The van der Waals surface area contributed by atoms with Gasteiger partial charge in [-0.1, -0.05) is 0 Å². The van der Waals surface area contributed by atoms with E-state index in [1.807, 2.05) is 13.8 Å². The standard InChI is InChI=1S/C15H21N5O3.2ClH/c1-8-11(9(2)20-13(18-8)5-14(21)19-20)7-17-15(22)12-4-3-10(6-16)23-12;;/h5,10,12H,3-4,6-7,16H2,1-2H3,(H,17,22)(H,19,21);2*1H/t10-,12+;;/m1../s1. The summed E-state index contributed by atoms with van der Waals surface area (Å²) in [5.74, 6) is -0.138. The van der Waals surface area contributed by atoms with Gasteiger partial charge in [-0.15, -0.1) is 24.8 Å². The van der Waals surface area contributed by atoms with Crippen molar-refractivity contribution in [3.05, 3.63) is 33.4 Å². The highest BCUT2D eigenvalue weighted by Crippen LogP contribution is 2.19. The number of ether oxygens (including phenoxy) is 1. The Morgan fingerprint density at radius 3 is 2.80 bits per heavy atom. The highest BCUT2D eigenvalue weighted by molar-refractivity contribution is 5.85. The summed E-state index contributed by atoms with van der Waals surface area (Å²) in [6, 6.07) is 1.45. The normalized spacial score (nSPS) is 19.3. The summed E-state index contributed by atoms with van der Waals surface area (Å²) < 4.78 is 7.22. The quantitative estimate of drug-likeness (QED) is 0.705. The molecule has 3 rings (SSSR count). The summed E-state index contributed by atoms with van der Waals surface area (Å²) in [7, 11) is 0. The molecule has 1 saturated heterocycles. The fourth-order valence-corrected chi connectivity index (χ4v) is 2.97. The van der Waals surface area contributed by atoms with Crippen molar-refractivity contribution in [2.24, 2.45) is 5.73 Å². The molecule has 0 radical (unpaired) electrons. The highest BCUT2D eigenvalue weighted by Gasteiger charge is 2.29. The second-order valence-corrected chi connectivity index (χ2v) is 5.85. The van der Waals surface area contributed by atoms with Crippen LogP contribution in [0.15, 0.2) is 10.9 Å². The van der Waals surface area contributed by atoms with Gasteiger partial charge in [-0.2, -0.15) is 0 Å². The molecule has 4 N–H and O–H groups in total. The van der Waals surface area contributed by atoms with E-state index in [0.717, 1.165) is 23.4 Å². The zero-order chi connectivity index (χ0) is 16.6. The molecule has 0 unspecified atom stereocenters. The van der Waals surface area contributed by atoms with Gasteiger partial charge in [-0.25, -0.2) is 9.50 Å². The van der Waals surface area contributed by atoms with Crippen LogP contribution in [0.4, 0.5) is 0 Å². The third kappa shape index (κ3) is 4.33. The molecular formula is C15H23Cl2N5O3. The summed E-state index contributed by atoms with van der Waals surface area (Å²) in [5, 5.41) is 5.59. The van der Waals surface area contributed by atoms with E-state index >= 15 is 0 Å². The monoisotopic (exact) mass is 391 g/mol. The number of fused-ring (bicyclic) bond motifs is 1. The predicted molar refractivity (Wildman–Crippen MR) is 98.6 cm³/mol. The van der Waals surface area contributed by atoms with Gasteiger partial charge < -0.3 is 15.8 Å². The first kappa shape index (κ1) is 21.4. The van der Waals surface area contributed by atoms with Gasteiger partial charge in [0.1, 0.15) is 6.10 Å². The van der Waals surface area contributed by atoms with E-state index in [1.165, 1.54) is 6.07 Å². The zero-order valence-electron chi connectivity index (χ0n) is 14.1. The Hall–Kier alpha value is -1.61. The number of hydrogen-bond acceptors (Lipinski definition) is 5. The molecular weight excluding hydrogens is 369 g/mol. The first-order chi connectivity index (χ1) is 11.0. The maximum absolute atomic E-state index is 12.2. The molecule has 2 aromatic rings. The minimum Gasteiger partial charge on any atom is -0.364 e. The summed E-state index contributed by atoms with van der Waals surface area (Å²) in [4.78, 5) is 28.0. The van der Waals surface area contributed by atoms with E-state index < -0.39 is 6.10 Å². The van der Waals surface area contributed by atoms with Crippen LogP contribution in [0.2, 0.25) is 0 Å². The van der Waals surface area contributed by atoms with Crippen molar-refractivity contribution >= 4 is 36.4 Å². The molecule has 1 aliphatic rings. The largest absolute Gasteiger partial charge is 0.364 e. The lowest BCUT2D eigenvalue weighted by Gasteiger charge is -2.15. The molecule has 140 valence electrons. The Bertz CT molecular complexity index is 804. The second-order valence-electron chi connectivity index (χ2n) is 5.85. The number of aromatic amines is 1. The molecule has 1 aliphatic heterocycles. The molecule has 0 aliphatic carbocycles. The van der Waals surface area contributed by atoms with Crippen molar-refractivity contribution in [1.82, 2.24) is 19.9 Å². The maximum atomic E-state index is 12.2. The first-order valence-electron chi connectivity index (χ1n) is 7.70. The van der Waals surface area contributed by atoms with Crippen LogP contribution in [-0.2, 0) is 16.1 Å². The predicted octanol–water partition coefficient (Wildman–Crippen LogP) is 0.606. The van der Waals surface area contributed by atoms with Gasteiger partial charge in [0.2, 0.25) is 5.91 Å². The molecule has 2 atom stereocenters. The number of carbonyl (C=O) groups excluding carboxylic acids is 1. The minimum absolute atomic E-state index is 0. The lowest BCUT2D eigenvalue weighted by atomic mass is 10.1. The lowest BCUT2D eigenvalue weighted by molar-refractivity contribution is -0.132. The summed E-state index contributed by atoms with van der Waals surface area (Å²) in [5.41, 5.74) is 8.45. The lowest BCUT2D eigenvalue weighted by Crippen LogP contribution is -2.35. The maximum Gasteiger partial charge on any atom is 0.266 e. The Kier molecular flexibility index (Phi) is 7.43. The number of H-pyrrole nitrogens is 1. The molecule has 0 saturated carbocycles. The van der Waals surface area contributed by atoms with Crippen molar-refractivity contribution in [2.75, 3.05) is 6.54 Å². The van der Waals surface area contributed by atoms with Crippen LogP contribution >= 0.6 is 24.8 Å². The molecule has 2 aromatic heterocycles. The minimum atomic E-state index is -0.438. The average molecular weight is 392 g/mol. The van der Waals surface area contributed by atoms with Gasteiger partial charge in [-0.3, -0.25) is 14.7 Å². The van der Waals surface area contributed by atoms with Gasteiger partial charge in [-0.05, 0) is 26.7 Å². The highest BCUT2D eigenvalue weighted by atomic mass is 35.5. The van der Waals surface area contributed by atoms with Crippen LogP contribution in [0.3, 0.4) is 0 Å². The van der Waals surface area contributed by atoms with Crippen molar-refractivity contribution in [3.8, 4) is 0 Å². The topological polar surface area (TPSA) is 115 Å². The Balaban J connectivity index is 0.00000156. The number of aryl methyl sites for hydroxylation is 2. The van der Waals surface area contributed by atoms with E-state index in [4.69, 9.17) is 10.5 Å².